The van der Waals surface area contributed by atoms with Gasteiger partial charge in [0.2, 0.25) is 0 Å². The lowest BCUT2D eigenvalue weighted by atomic mass is 10.0. The van der Waals surface area contributed by atoms with E-state index in [0.29, 0.717) is 34.8 Å². The summed E-state index contributed by atoms with van der Waals surface area (Å²) in [6, 6.07) is 11.5. The number of rotatable bonds is 5. The zero-order valence-corrected chi connectivity index (χ0v) is 21.5. The van der Waals surface area contributed by atoms with Crippen LogP contribution in [0.2, 0.25) is 0 Å². The molecule has 2 aromatic carbocycles. The molecule has 0 aliphatic carbocycles. The summed E-state index contributed by atoms with van der Waals surface area (Å²) in [4.78, 5) is 15.6. The molecular formula is C29H27F6N5. The normalized spacial score (nSPS) is 15.6. The summed E-state index contributed by atoms with van der Waals surface area (Å²) in [5.41, 5.74) is -0.799. The van der Waals surface area contributed by atoms with Crippen LogP contribution in [-0.4, -0.2) is 32.9 Å². The summed E-state index contributed by atoms with van der Waals surface area (Å²) in [7, 11) is 0. The fourth-order valence-corrected chi connectivity index (χ4v) is 4.91. The second-order valence-electron chi connectivity index (χ2n) is 9.86. The van der Waals surface area contributed by atoms with Crippen LogP contribution in [0.3, 0.4) is 0 Å². The van der Waals surface area contributed by atoms with E-state index < -0.39 is 23.5 Å². The SMILES string of the molecule is FC(F)(F)c1ccc(Nc2nc(CN3CCCCCCC3)nc3cc(-c4ncccc4C(F)(F)F)ccc23)cc1. The predicted octanol–water partition coefficient (Wildman–Crippen LogP) is 8.24. The van der Waals surface area contributed by atoms with Crippen molar-refractivity contribution in [2.24, 2.45) is 0 Å². The van der Waals surface area contributed by atoms with Crippen molar-refractivity contribution in [1.29, 1.82) is 0 Å². The van der Waals surface area contributed by atoms with Crippen molar-refractivity contribution in [3.8, 4) is 11.3 Å². The maximum Gasteiger partial charge on any atom is 0.418 e. The topological polar surface area (TPSA) is 53.9 Å². The zero-order chi connectivity index (χ0) is 28.3. The number of aromatic nitrogens is 3. The number of hydrogen-bond donors (Lipinski definition) is 1. The number of fused-ring (bicyclic) bond motifs is 1. The van der Waals surface area contributed by atoms with E-state index >= 15 is 0 Å². The summed E-state index contributed by atoms with van der Waals surface area (Å²) in [5, 5.41) is 3.61. The van der Waals surface area contributed by atoms with Crippen LogP contribution in [-0.2, 0) is 18.9 Å². The van der Waals surface area contributed by atoms with E-state index in [2.05, 4.69) is 15.2 Å². The number of nitrogens with zero attached hydrogens (tertiary/aromatic N) is 4. The summed E-state index contributed by atoms with van der Waals surface area (Å²) >= 11 is 0. The van der Waals surface area contributed by atoms with Gasteiger partial charge in [0.05, 0.1) is 28.9 Å². The molecule has 2 aromatic heterocycles. The van der Waals surface area contributed by atoms with E-state index in [1.807, 2.05) is 0 Å². The molecule has 1 saturated heterocycles. The van der Waals surface area contributed by atoms with E-state index in [-0.39, 0.29) is 11.3 Å². The third-order valence-corrected chi connectivity index (χ3v) is 6.92. The minimum atomic E-state index is -4.59. The molecule has 5 rings (SSSR count). The van der Waals surface area contributed by atoms with Crippen LogP contribution in [0.1, 0.15) is 49.1 Å². The second-order valence-corrected chi connectivity index (χ2v) is 9.86. The Kier molecular flexibility index (Phi) is 7.93. The Labute approximate surface area is 227 Å². The maximum absolute atomic E-state index is 13.7. The predicted molar refractivity (Wildman–Crippen MR) is 141 cm³/mol. The smallest absolute Gasteiger partial charge is 0.340 e. The van der Waals surface area contributed by atoms with E-state index in [9.17, 15) is 26.3 Å². The second kappa shape index (κ2) is 11.4. The van der Waals surface area contributed by atoms with E-state index in [0.717, 1.165) is 57.0 Å². The molecule has 0 saturated carbocycles. The number of halogens is 6. The van der Waals surface area contributed by atoms with E-state index in [1.165, 1.54) is 36.9 Å². The van der Waals surface area contributed by atoms with Gasteiger partial charge in [-0.3, -0.25) is 9.88 Å². The Bertz CT molecular complexity index is 1460. The molecule has 0 unspecified atom stereocenters. The summed E-state index contributed by atoms with van der Waals surface area (Å²) < 4.78 is 80.2. The number of alkyl halides is 6. The Morgan fingerprint density at radius 2 is 1.48 bits per heavy atom. The average Bonchev–Trinajstić information content (AvgIpc) is 2.89. The quantitative estimate of drug-likeness (QED) is 0.250. The molecule has 1 aliphatic rings. The maximum atomic E-state index is 13.7. The number of hydrogen-bond acceptors (Lipinski definition) is 5. The van der Waals surface area contributed by atoms with Crippen LogP contribution < -0.4 is 5.32 Å². The van der Waals surface area contributed by atoms with Gasteiger partial charge in [0.25, 0.3) is 0 Å². The van der Waals surface area contributed by atoms with Crippen molar-refractivity contribution in [1.82, 2.24) is 19.9 Å². The van der Waals surface area contributed by atoms with Crippen LogP contribution in [0, 0.1) is 0 Å². The van der Waals surface area contributed by atoms with Crippen molar-refractivity contribution in [2.75, 3.05) is 18.4 Å². The number of benzene rings is 2. The van der Waals surface area contributed by atoms with Crippen molar-refractivity contribution in [3.05, 3.63) is 77.7 Å². The average molecular weight is 560 g/mol. The van der Waals surface area contributed by atoms with E-state index in [4.69, 9.17) is 9.97 Å². The van der Waals surface area contributed by atoms with Crippen LogP contribution in [0.25, 0.3) is 22.2 Å². The number of anilines is 2. The monoisotopic (exact) mass is 559 g/mol. The third-order valence-electron chi connectivity index (χ3n) is 6.92. The molecule has 0 atom stereocenters. The first-order valence-electron chi connectivity index (χ1n) is 13.1. The Balaban J connectivity index is 1.56. The minimum Gasteiger partial charge on any atom is -0.340 e. The third kappa shape index (κ3) is 6.52. The van der Waals surface area contributed by atoms with Gasteiger partial charge in [-0.1, -0.05) is 25.3 Å². The molecule has 0 amide bonds. The molecule has 4 aromatic rings. The lowest BCUT2D eigenvalue weighted by molar-refractivity contribution is -0.138. The number of likely N-dealkylation sites (tertiary alicyclic amines) is 1. The standard InChI is InChI=1S/C29H27F6N5/c30-28(31,32)20-9-11-21(12-10-20)37-27-22-13-8-19(26-23(29(33,34)35)7-6-14-36-26)17-24(22)38-25(39-27)18-40-15-4-2-1-3-5-16-40/h6-14,17H,1-5,15-16,18H2,(H,37,38,39). The summed E-state index contributed by atoms with van der Waals surface area (Å²) in [6.45, 7) is 2.21. The molecule has 1 fully saturated rings. The first-order chi connectivity index (χ1) is 19.1. The molecule has 3 heterocycles. The lowest BCUT2D eigenvalue weighted by Gasteiger charge is -2.24. The minimum absolute atomic E-state index is 0.210. The molecule has 11 heteroatoms. The molecule has 0 bridgehead atoms. The van der Waals surface area contributed by atoms with Gasteiger partial charge in [-0.05, 0) is 74.5 Å². The van der Waals surface area contributed by atoms with Gasteiger partial charge < -0.3 is 5.32 Å². The van der Waals surface area contributed by atoms with Gasteiger partial charge in [-0.2, -0.15) is 26.3 Å². The van der Waals surface area contributed by atoms with Crippen molar-refractivity contribution >= 4 is 22.4 Å². The summed E-state index contributed by atoms with van der Waals surface area (Å²) in [6.07, 6.45) is -2.15. The molecule has 5 nitrogen and oxygen atoms in total. The highest BCUT2D eigenvalue weighted by atomic mass is 19.4. The molecule has 1 N–H and O–H groups in total. The van der Waals surface area contributed by atoms with Gasteiger partial charge in [-0.25, -0.2) is 9.97 Å². The highest BCUT2D eigenvalue weighted by molar-refractivity contribution is 5.93. The number of pyridine rings is 1. The summed E-state index contributed by atoms with van der Waals surface area (Å²) in [5.74, 6) is 0.826. The van der Waals surface area contributed by atoms with Crippen LogP contribution in [0.4, 0.5) is 37.8 Å². The van der Waals surface area contributed by atoms with Gasteiger partial charge >= 0.3 is 12.4 Å². The molecule has 210 valence electrons. The molecule has 0 spiro atoms. The van der Waals surface area contributed by atoms with Crippen LogP contribution in [0.5, 0.6) is 0 Å². The lowest BCUT2D eigenvalue weighted by Crippen LogP contribution is -2.28. The largest absolute Gasteiger partial charge is 0.418 e. The van der Waals surface area contributed by atoms with Gasteiger partial charge in [0, 0.05) is 22.8 Å². The van der Waals surface area contributed by atoms with Crippen LogP contribution >= 0.6 is 0 Å². The Hall–Kier alpha value is -3.73. The van der Waals surface area contributed by atoms with E-state index in [1.54, 1.807) is 12.1 Å². The first kappa shape index (κ1) is 27.8. The molecule has 0 radical (unpaired) electrons. The fourth-order valence-electron chi connectivity index (χ4n) is 4.91. The molecule has 40 heavy (non-hydrogen) atoms. The van der Waals surface area contributed by atoms with Gasteiger partial charge in [0.15, 0.2) is 0 Å². The first-order valence-corrected chi connectivity index (χ1v) is 13.1. The highest BCUT2D eigenvalue weighted by Gasteiger charge is 2.34. The Morgan fingerprint density at radius 3 is 2.15 bits per heavy atom. The van der Waals surface area contributed by atoms with Gasteiger partial charge in [0.1, 0.15) is 11.6 Å². The Morgan fingerprint density at radius 1 is 0.775 bits per heavy atom. The molecule has 1 aliphatic heterocycles. The molecular weight excluding hydrogens is 532 g/mol. The highest BCUT2D eigenvalue weighted by Crippen LogP contribution is 2.37. The van der Waals surface area contributed by atoms with Crippen molar-refractivity contribution < 1.29 is 26.3 Å². The van der Waals surface area contributed by atoms with Crippen molar-refractivity contribution in [2.45, 2.75) is 51.0 Å². The number of nitrogens with one attached hydrogen (secondary N) is 1. The van der Waals surface area contributed by atoms with Crippen LogP contribution in [0.15, 0.2) is 60.8 Å². The fraction of sp³-hybridized carbons (Fsp3) is 0.345. The zero-order valence-electron chi connectivity index (χ0n) is 21.5. The van der Waals surface area contributed by atoms with Crippen molar-refractivity contribution in [3.63, 3.8) is 0 Å². The van der Waals surface area contributed by atoms with Gasteiger partial charge in [-0.15, -0.1) is 0 Å².